The van der Waals surface area contributed by atoms with Gasteiger partial charge in [-0.05, 0) is 34.7 Å². The number of benzene rings is 1. The van der Waals surface area contributed by atoms with Crippen LogP contribution < -0.4 is 4.74 Å². The molecule has 0 aliphatic rings. The van der Waals surface area contributed by atoms with Gasteiger partial charge in [0.25, 0.3) is 6.43 Å². The standard InChI is InChI=1S/C8H4F5IO/c9-7(10)4-2-1-3-5(14)6(4)15-8(11,12)13/h1-3,7H. The molecule has 0 saturated heterocycles. The zero-order chi connectivity index (χ0) is 11.6. The van der Waals surface area contributed by atoms with Crippen LogP contribution in [0.2, 0.25) is 0 Å². The van der Waals surface area contributed by atoms with Crippen molar-refractivity contribution in [2.24, 2.45) is 0 Å². The van der Waals surface area contributed by atoms with Crippen LogP contribution in [0, 0.1) is 3.57 Å². The van der Waals surface area contributed by atoms with Gasteiger partial charge in [-0.15, -0.1) is 13.2 Å². The normalized spacial score (nSPS) is 11.9. The molecule has 0 heterocycles. The average molecular weight is 338 g/mol. The molecule has 15 heavy (non-hydrogen) atoms. The number of para-hydroxylation sites is 1. The van der Waals surface area contributed by atoms with Crippen molar-refractivity contribution in [1.29, 1.82) is 0 Å². The summed E-state index contributed by atoms with van der Waals surface area (Å²) < 4.78 is 63.9. The Morgan fingerprint density at radius 2 is 1.80 bits per heavy atom. The summed E-state index contributed by atoms with van der Waals surface area (Å²) in [5.41, 5.74) is -0.765. The molecule has 0 fully saturated rings. The third-order valence-electron chi connectivity index (χ3n) is 1.45. The second kappa shape index (κ2) is 4.50. The molecule has 7 heteroatoms. The second-order valence-electron chi connectivity index (χ2n) is 2.51. The molecule has 0 spiro atoms. The predicted molar refractivity (Wildman–Crippen MR) is 50.8 cm³/mol. The summed E-state index contributed by atoms with van der Waals surface area (Å²) in [5, 5.41) is 0. The highest BCUT2D eigenvalue weighted by molar-refractivity contribution is 14.1. The van der Waals surface area contributed by atoms with E-state index in [-0.39, 0.29) is 3.57 Å². The maximum absolute atomic E-state index is 12.3. The Morgan fingerprint density at radius 1 is 1.20 bits per heavy atom. The number of halogens is 6. The molecular formula is C8H4F5IO. The summed E-state index contributed by atoms with van der Waals surface area (Å²) >= 11 is 1.50. The largest absolute Gasteiger partial charge is 0.573 e. The van der Waals surface area contributed by atoms with Gasteiger partial charge >= 0.3 is 6.36 Å². The van der Waals surface area contributed by atoms with Gasteiger partial charge in [-0.25, -0.2) is 8.78 Å². The fraction of sp³-hybridized carbons (Fsp3) is 0.250. The Labute approximate surface area is 95.4 Å². The van der Waals surface area contributed by atoms with Gasteiger partial charge < -0.3 is 4.74 Å². The molecule has 0 aliphatic heterocycles. The first-order valence-electron chi connectivity index (χ1n) is 3.63. The molecule has 1 aromatic carbocycles. The second-order valence-corrected chi connectivity index (χ2v) is 3.67. The summed E-state index contributed by atoms with van der Waals surface area (Å²) in [6.07, 6.45) is -7.97. The van der Waals surface area contributed by atoms with E-state index in [1.807, 2.05) is 0 Å². The zero-order valence-electron chi connectivity index (χ0n) is 6.99. The van der Waals surface area contributed by atoms with Crippen LogP contribution in [0.25, 0.3) is 0 Å². The lowest BCUT2D eigenvalue weighted by molar-refractivity contribution is -0.275. The third kappa shape index (κ3) is 3.47. The van der Waals surface area contributed by atoms with Crippen molar-refractivity contribution < 1.29 is 26.7 Å². The lowest BCUT2D eigenvalue weighted by Gasteiger charge is -2.14. The van der Waals surface area contributed by atoms with Crippen LogP contribution in [0.1, 0.15) is 12.0 Å². The van der Waals surface area contributed by atoms with E-state index < -0.39 is 24.1 Å². The van der Waals surface area contributed by atoms with Crippen LogP contribution in [0.15, 0.2) is 18.2 Å². The van der Waals surface area contributed by atoms with E-state index in [1.165, 1.54) is 34.7 Å². The highest BCUT2D eigenvalue weighted by Gasteiger charge is 2.34. The number of ether oxygens (including phenoxy) is 1. The number of alkyl halides is 5. The summed E-state index contributed by atoms with van der Waals surface area (Å²) in [6.45, 7) is 0. The molecule has 84 valence electrons. The Morgan fingerprint density at radius 3 is 2.27 bits per heavy atom. The summed E-state index contributed by atoms with van der Waals surface area (Å²) in [4.78, 5) is 0. The van der Waals surface area contributed by atoms with E-state index in [0.29, 0.717) is 0 Å². The fourth-order valence-electron chi connectivity index (χ4n) is 0.921. The molecule has 1 aromatic rings. The molecule has 1 nitrogen and oxygen atoms in total. The lowest BCUT2D eigenvalue weighted by Crippen LogP contribution is -2.19. The Bertz CT molecular complexity index is 349. The molecule has 0 unspecified atom stereocenters. The third-order valence-corrected chi connectivity index (χ3v) is 2.30. The van der Waals surface area contributed by atoms with Gasteiger partial charge in [0.05, 0.1) is 9.13 Å². The van der Waals surface area contributed by atoms with Crippen LogP contribution in [-0.2, 0) is 0 Å². The average Bonchev–Trinajstić information content (AvgIpc) is 2.05. The topological polar surface area (TPSA) is 9.23 Å². The molecular weight excluding hydrogens is 334 g/mol. The maximum atomic E-state index is 12.3. The minimum Gasteiger partial charge on any atom is -0.404 e. The molecule has 0 aliphatic carbocycles. The van der Waals surface area contributed by atoms with Crippen LogP contribution in [-0.4, -0.2) is 6.36 Å². The van der Waals surface area contributed by atoms with E-state index in [4.69, 9.17) is 0 Å². The monoisotopic (exact) mass is 338 g/mol. The fourth-order valence-corrected chi connectivity index (χ4v) is 1.55. The highest BCUT2D eigenvalue weighted by atomic mass is 127. The SMILES string of the molecule is FC(F)c1cccc(I)c1OC(F)(F)F. The maximum Gasteiger partial charge on any atom is 0.573 e. The summed E-state index contributed by atoms with van der Waals surface area (Å²) in [6, 6.07) is 3.40. The van der Waals surface area contributed by atoms with E-state index in [9.17, 15) is 22.0 Å². The molecule has 0 radical (unpaired) electrons. The minimum absolute atomic E-state index is 0.0114. The summed E-state index contributed by atoms with van der Waals surface area (Å²) in [7, 11) is 0. The zero-order valence-corrected chi connectivity index (χ0v) is 9.14. The van der Waals surface area contributed by atoms with E-state index in [0.717, 1.165) is 6.07 Å². The minimum atomic E-state index is -4.97. The molecule has 0 amide bonds. The van der Waals surface area contributed by atoms with E-state index >= 15 is 0 Å². The van der Waals surface area contributed by atoms with Crippen LogP contribution >= 0.6 is 22.6 Å². The van der Waals surface area contributed by atoms with Gasteiger partial charge in [-0.2, -0.15) is 0 Å². The molecule has 0 aromatic heterocycles. The first kappa shape index (κ1) is 12.5. The van der Waals surface area contributed by atoms with Crippen molar-refractivity contribution >= 4 is 22.6 Å². The van der Waals surface area contributed by atoms with Gasteiger partial charge in [0.2, 0.25) is 0 Å². The van der Waals surface area contributed by atoms with Crippen LogP contribution in [0.3, 0.4) is 0 Å². The van der Waals surface area contributed by atoms with Gasteiger partial charge in [-0.1, -0.05) is 6.07 Å². The Hall–Kier alpha value is -0.600. The summed E-state index contributed by atoms with van der Waals surface area (Å²) in [5.74, 6) is -0.833. The Kier molecular flexibility index (Phi) is 3.74. The lowest BCUT2D eigenvalue weighted by atomic mass is 10.2. The van der Waals surface area contributed by atoms with Crippen molar-refractivity contribution in [3.8, 4) is 5.75 Å². The Balaban J connectivity index is 3.14. The number of hydrogen-bond donors (Lipinski definition) is 0. The molecule has 0 bridgehead atoms. The van der Waals surface area contributed by atoms with Crippen molar-refractivity contribution in [2.45, 2.75) is 12.8 Å². The number of rotatable bonds is 2. The highest BCUT2D eigenvalue weighted by Crippen LogP contribution is 2.36. The first-order chi connectivity index (χ1) is 6.81. The van der Waals surface area contributed by atoms with E-state index in [2.05, 4.69) is 4.74 Å². The van der Waals surface area contributed by atoms with Gasteiger partial charge in [0.1, 0.15) is 0 Å². The molecule has 1 rings (SSSR count). The van der Waals surface area contributed by atoms with Crippen molar-refractivity contribution in [1.82, 2.24) is 0 Å². The van der Waals surface area contributed by atoms with E-state index in [1.54, 1.807) is 0 Å². The van der Waals surface area contributed by atoms with Crippen molar-refractivity contribution in [2.75, 3.05) is 0 Å². The van der Waals surface area contributed by atoms with Gasteiger partial charge in [0, 0.05) is 0 Å². The predicted octanol–water partition coefficient (Wildman–Crippen LogP) is 4.13. The molecule has 0 N–H and O–H groups in total. The van der Waals surface area contributed by atoms with Gasteiger partial charge in [0.15, 0.2) is 5.75 Å². The van der Waals surface area contributed by atoms with Gasteiger partial charge in [-0.3, -0.25) is 0 Å². The first-order valence-corrected chi connectivity index (χ1v) is 4.71. The quantitative estimate of drug-likeness (QED) is 0.582. The molecule has 0 saturated carbocycles. The van der Waals surface area contributed by atoms with Crippen molar-refractivity contribution in [3.63, 3.8) is 0 Å². The van der Waals surface area contributed by atoms with Crippen molar-refractivity contribution in [3.05, 3.63) is 27.3 Å². The van der Waals surface area contributed by atoms with Crippen LogP contribution in [0.5, 0.6) is 5.75 Å². The van der Waals surface area contributed by atoms with Crippen LogP contribution in [0.4, 0.5) is 22.0 Å². The number of hydrogen-bond acceptors (Lipinski definition) is 1. The molecule has 0 atom stereocenters. The smallest absolute Gasteiger partial charge is 0.404 e.